The fourth-order valence-electron chi connectivity index (χ4n) is 3.11. The molecule has 2 heterocycles. The summed E-state index contributed by atoms with van der Waals surface area (Å²) >= 11 is 0. The Balaban J connectivity index is 1.58. The molecular formula is C17H16N4O2. The van der Waals surface area contributed by atoms with Gasteiger partial charge in [-0.1, -0.05) is 6.42 Å². The van der Waals surface area contributed by atoms with Crippen LogP contribution in [0, 0.1) is 11.3 Å². The number of aromatic nitrogens is 2. The van der Waals surface area contributed by atoms with Crippen molar-refractivity contribution in [3.05, 3.63) is 36.3 Å². The number of nitrogens with zero attached hydrogens (tertiary/aromatic N) is 3. The van der Waals surface area contributed by atoms with E-state index in [1.54, 1.807) is 6.20 Å². The normalized spacial score (nSPS) is 17.7. The Bertz CT molecular complexity index is 778. The summed E-state index contributed by atoms with van der Waals surface area (Å²) in [7, 11) is 0. The first-order valence-corrected chi connectivity index (χ1v) is 7.78. The van der Waals surface area contributed by atoms with Crippen molar-refractivity contribution < 1.29 is 9.47 Å². The second kappa shape index (κ2) is 5.43. The molecule has 1 fully saturated rings. The number of hydrogen-bond donors (Lipinski definition) is 1. The molecule has 116 valence electrons. The molecule has 1 saturated carbocycles. The molecule has 0 radical (unpaired) electrons. The number of fused-ring (bicyclic) bond motifs is 1. The van der Waals surface area contributed by atoms with Crippen molar-refractivity contribution in [2.75, 3.05) is 5.32 Å². The predicted octanol–water partition coefficient (Wildman–Crippen LogP) is 3.52. The van der Waals surface area contributed by atoms with Gasteiger partial charge in [0.05, 0.1) is 0 Å². The second-order valence-corrected chi connectivity index (χ2v) is 5.83. The minimum Gasteiger partial charge on any atom is -0.448 e. The predicted molar refractivity (Wildman–Crippen MR) is 83.5 cm³/mol. The molecule has 6 nitrogen and oxygen atoms in total. The van der Waals surface area contributed by atoms with Crippen LogP contribution >= 0.6 is 0 Å². The van der Waals surface area contributed by atoms with Crippen LogP contribution < -0.4 is 14.8 Å². The Morgan fingerprint density at radius 3 is 2.65 bits per heavy atom. The molecule has 0 saturated heterocycles. The molecule has 6 heteroatoms. The van der Waals surface area contributed by atoms with Crippen molar-refractivity contribution in [2.24, 2.45) is 0 Å². The third-order valence-electron chi connectivity index (χ3n) is 4.22. The highest BCUT2D eigenvalue weighted by molar-refractivity contribution is 5.64. The number of anilines is 2. The van der Waals surface area contributed by atoms with Gasteiger partial charge in [-0.2, -0.15) is 5.26 Å². The van der Waals surface area contributed by atoms with Crippen molar-refractivity contribution in [3.8, 4) is 17.6 Å². The van der Waals surface area contributed by atoms with E-state index in [4.69, 9.17) is 14.7 Å². The number of hydrogen-bond acceptors (Lipinski definition) is 6. The van der Waals surface area contributed by atoms with E-state index in [0.29, 0.717) is 5.82 Å². The molecule has 1 N–H and O–H groups in total. The Hall–Kier alpha value is -2.81. The Labute approximate surface area is 134 Å². The minimum absolute atomic E-state index is 0.258. The molecule has 1 aromatic carbocycles. The molecule has 23 heavy (non-hydrogen) atoms. The highest BCUT2D eigenvalue weighted by atomic mass is 16.7. The lowest BCUT2D eigenvalue weighted by atomic mass is 9.94. The van der Waals surface area contributed by atoms with Crippen molar-refractivity contribution in [3.63, 3.8) is 0 Å². The number of benzene rings is 1. The van der Waals surface area contributed by atoms with Crippen LogP contribution in [-0.4, -0.2) is 15.8 Å². The maximum absolute atomic E-state index is 9.08. The van der Waals surface area contributed by atoms with E-state index in [0.717, 1.165) is 42.9 Å². The molecule has 0 unspecified atom stereocenters. The van der Waals surface area contributed by atoms with Gasteiger partial charge in [-0.3, -0.25) is 0 Å². The molecule has 0 bridgehead atoms. The van der Waals surface area contributed by atoms with E-state index >= 15 is 0 Å². The molecular weight excluding hydrogens is 292 g/mol. The van der Waals surface area contributed by atoms with Gasteiger partial charge >= 0.3 is 0 Å². The van der Waals surface area contributed by atoms with Gasteiger partial charge < -0.3 is 14.8 Å². The summed E-state index contributed by atoms with van der Waals surface area (Å²) in [6, 6.07) is 7.69. The van der Waals surface area contributed by atoms with Crippen LogP contribution in [0.25, 0.3) is 0 Å². The Kier molecular flexibility index (Phi) is 3.27. The molecule has 0 atom stereocenters. The van der Waals surface area contributed by atoms with E-state index in [1.807, 2.05) is 24.3 Å². The molecule has 1 aliphatic heterocycles. The smallest absolute Gasteiger partial charge is 0.251 e. The monoisotopic (exact) mass is 308 g/mol. The van der Waals surface area contributed by atoms with Crippen LogP contribution in [-0.2, 0) is 0 Å². The topological polar surface area (TPSA) is 80.1 Å². The summed E-state index contributed by atoms with van der Waals surface area (Å²) in [6.07, 6.45) is 8.39. The third kappa shape index (κ3) is 2.55. The molecule has 1 spiro atoms. The van der Waals surface area contributed by atoms with Gasteiger partial charge in [0.1, 0.15) is 6.07 Å². The maximum Gasteiger partial charge on any atom is 0.251 e. The van der Waals surface area contributed by atoms with E-state index in [2.05, 4.69) is 15.3 Å². The van der Waals surface area contributed by atoms with E-state index < -0.39 is 5.79 Å². The van der Waals surface area contributed by atoms with Crippen LogP contribution in [0.5, 0.6) is 11.5 Å². The molecule has 4 rings (SSSR count). The van der Waals surface area contributed by atoms with E-state index in [-0.39, 0.29) is 5.69 Å². The van der Waals surface area contributed by atoms with E-state index in [1.165, 1.54) is 12.6 Å². The van der Waals surface area contributed by atoms with E-state index in [9.17, 15) is 0 Å². The molecule has 2 aromatic rings. The van der Waals surface area contributed by atoms with Gasteiger partial charge in [0.2, 0.25) is 0 Å². The zero-order valence-electron chi connectivity index (χ0n) is 12.6. The van der Waals surface area contributed by atoms with Gasteiger partial charge in [0.25, 0.3) is 5.79 Å². The largest absolute Gasteiger partial charge is 0.448 e. The highest BCUT2D eigenvalue weighted by Crippen LogP contribution is 2.46. The lowest BCUT2D eigenvalue weighted by Crippen LogP contribution is -2.40. The Morgan fingerprint density at radius 1 is 1.04 bits per heavy atom. The van der Waals surface area contributed by atoms with Gasteiger partial charge in [0.15, 0.2) is 23.0 Å². The van der Waals surface area contributed by atoms with Crippen LogP contribution in [0.4, 0.5) is 11.5 Å². The fourth-order valence-corrected chi connectivity index (χ4v) is 3.11. The lowest BCUT2D eigenvalue weighted by Gasteiger charge is -2.31. The van der Waals surface area contributed by atoms with Gasteiger partial charge in [-0.05, 0) is 25.0 Å². The first-order chi connectivity index (χ1) is 11.3. The van der Waals surface area contributed by atoms with Gasteiger partial charge in [0, 0.05) is 37.0 Å². The average Bonchev–Trinajstić information content (AvgIpc) is 2.92. The standard InChI is InChI=1S/C17H16N4O2/c18-11-13-16(20-9-8-19-13)21-12-4-5-14-15(10-12)23-17(22-14)6-2-1-3-7-17/h4-5,8-10H,1-3,6-7H2,(H,20,21). The zero-order chi connectivity index (χ0) is 15.7. The molecule has 1 aliphatic carbocycles. The number of nitrogens with one attached hydrogen (secondary N) is 1. The van der Waals surface area contributed by atoms with Crippen LogP contribution in [0.3, 0.4) is 0 Å². The van der Waals surface area contributed by atoms with Crippen LogP contribution in [0.15, 0.2) is 30.6 Å². The molecule has 0 amide bonds. The average molecular weight is 308 g/mol. The lowest BCUT2D eigenvalue weighted by molar-refractivity contribution is -0.105. The van der Waals surface area contributed by atoms with Crippen LogP contribution in [0.2, 0.25) is 0 Å². The number of rotatable bonds is 2. The second-order valence-electron chi connectivity index (χ2n) is 5.83. The summed E-state index contributed by atoms with van der Waals surface area (Å²) in [4.78, 5) is 8.15. The Morgan fingerprint density at radius 2 is 1.83 bits per heavy atom. The summed E-state index contributed by atoms with van der Waals surface area (Å²) in [5.41, 5.74) is 1.05. The summed E-state index contributed by atoms with van der Waals surface area (Å²) in [5.74, 6) is 1.46. The maximum atomic E-state index is 9.08. The molecule has 2 aliphatic rings. The van der Waals surface area contributed by atoms with Crippen molar-refractivity contribution in [2.45, 2.75) is 37.9 Å². The van der Waals surface area contributed by atoms with Gasteiger partial charge in [-0.25, -0.2) is 9.97 Å². The summed E-state index contributed by atoms with van der Waals surface area (Å²) in [6.45, 7) is 0. The summed E-state index contributed by atoms with van der Waals surface area (Å²) in [5, 5.41) is 12.2. The minimum atomic E-state index is -0.483. The third-order valence-corrected chi connectivity index (χ3v) is 4.22. The quantitative estimate of drug-likeness (QED) is 0.914. The summed E-state index contributed by atoms with van der Waals surface area (Å²) < 4.78 is 12.2. The zero-order valence-corrected chi connectivity index (χ0v) is 12.6. The number of ether oxygens (including phenoxy) is 2. The fraction of sp³-hybridized carbons (Fsp3) is 0.353. The first-order valence-electron chi connectivity index (χ1n) is 7.78. The van der Waals surface area contributed by atoms with Gasteiger partial charge in [-0.15, -0.1) is 0 Å². The first kappa shape index (κ1) is 13.8. The van der Waals surface area contributed by atoms with Crippen molar-refractivity contribution in [1.82, 2.24) is 9.97 Å². The highest BCUT2D eigenvalue weighted by Gasteiger charge is 2.42. The van der Waals surface area contributed by atoms with Crippen molar-refractivity contribution >= 4 is 11.5 Å². The van der Waals surface area contributed by atoms with Crippen molar-refractivity contribution in [1.29, 1.82) is 5.26 Å². The number of nitriles is 1. The SMILES string of the molecule is N#Cc1nccnc1Nc1ccc2c(c1)OC1(CCCCC1)O2. The van der Waals surface area contributed by atoms with Crippen LogP contribution in [0.1, 0.15) is 37.8 Å². The molecule has 1 aromatic heterocycles.